The average Bonchev–Trinajstić information content (AvgIpc) is 3.45. The van der Waals surface area contributed by atoms with Crippen LogP contribution in [0.5, 0.6) is 0 Å². The van der Waals surface area contributed by atoms with Crippen LogP contribution in [0, 0.1) is 34.5 Å². The second-order valence-electron chi connectivity index (χ2n) is 8.83. The molecule has 0 aromatic heterocycles. The summed E-state index contributed by atoms with van der Waals surface area (Å²) in [4.78, 5) is 26.9. The Hall–Kier alpha value is -2.88. The lowest BCUT2D eigenvalue weighted by molar-refractivity contribution is -0.158. The highest BCUT2D eigenvalue weighted by Crippen LogP contribution is 2.87. The van der Waals surface area contributed by atoms with Gasteiger partial charge in [0.25, 0.3) is 0 Å². The quantitative estimate of drug-likeness (QED) is 0.709. The molecule has 4 heteroatoms. The molecule has 154 valence electrons. The number of methoxy groups -OCH3 is 2. The number of benzene rings is 2. The van der Waals surface area contributed by atoms with E-state index in [0.29, 0.717) is 0 Å². The molecule has 2 aromatic carbocycles. The van der Waals surface area contributed by atoms with Gasteiger partial charge < -0.3 is 9.47 Å². The van der Waals surface area contributed by atoms with Gasteiger partial charge in [-0.1, -0.05) is 74.5 Å². The topological polar surface area (TPSA) is 52.6 Å². The number of esters is 2. The monoisotopic (exact) mass is 402 g/mol. The number of carbonyl (C=O) groups is 2. The van der Waals surface area contributed by atoms with Gasteiger partial charge in [-0.3, -0.25) is 9.59 Å². The zero-order valence-corrected chi connectivity index (χ0v) is 17.7. The predicted octanol–water partition coefficient (Wildman–Crippen LogP) is 4.46. The average molecular weight is 402 g/mol. The van der Waals surface area contributed by atoms with Gasteiger partial charge in [-0.2, -0.15) is 0 Å². The molecule has 0 aliphatic heterocycles. The minimum Gasteiger partial charge on any atom is -0.468 e. The van der Waals surface area contributed by atoms with Crippen LogP contribution in [0.15, 0.2) is 60.7 Å². The minimum atomic E-state index is -0.785. The Morgan fingerprint density at radius 2 is 1.03 bits per heavy atom. The highest BCUT2D eigenvalue weighted by Gasteiger charge is 2.88. The summed E-state index contributed by atoms with van der Waals surface area (Å²) < 4.78 is 10.8. The summed E-state index contributed by atoms with van der Waals surface area (Å²) in [7, 11) is 2.93. The fraction of sp³-hybridized carbons (Fsp3) is 0.385. The van der Waals surface area contributed by atoms with E-state index >= 15 is 0 Å². The van der Waals surface area contributed by atoms with Crippen molar-refractivity contribution >= 4 is 23.1 Å². The molecular formula is C26H26O4. The van der Waals surface area contributed by atoms with Crippen molar-refractivity contribution in [3.05, 3.63) is 71.8 Å². The van der Waals surface area contributed by atoms with Crippen LogP contribution in [-0.2, 0) is 19.1 Å². The molecule has 4 unspecified atom stereocenters. The molecule has 4 aliphatic rings. The summed E-state index contributed by atoms with van der Waals surface area (Å²) in [5.41, 5.74) is 2.31. The van der Waals surface area contributed by atoms with Crippen LogP contribution in [0.3, 0.4) is 0 Å². The summed E-state index contributed by atoms with van der Waals surface area (Å²) in [6.45, 7) is 4.21. The van der Waals surface area contributed by atoms with Gasteiger partial charge in [0.15, 0.2) is 0 Å². The van der Waals surface area contributed by atoms with Gasteiger partial charge in [-0.15, -0.1) is 0 Å². The van der Waals surface area contributed by atoms with E-state index in [1.165, 1.54) is 14.2 Å². The van der Waals surface area contributed by atoms with Crippen molar-refractivity contribution in [2.75, 3.05) is 14.2 Å². The van der Waals surface area contributed by atoms with Gasteiger partial charge in [-0.05, 0) is 45.9 Å². The van der Waals surface area contributed by atoms with Crippen molar-refractivity contribution in [2.24, 2.45) is 34.5 Å². The first-order valence-electron chi connectivity index (χ1n) is 10.5. The molecule has 4 aliphatic carbocycles. The predicted molar refractivity (Wildman–Crippen MR) is 114 cm³/mol. The largest absolute Gasteiger partial charge is 0.468 e. The lowest BCUT2D eigenvalue weighted by atomic mass is 9.52. The highest BCUT2D eigenvalue weighted by molar-refractivity contribution is 6.15. The number of ether oxygens (including phenoxy) is 2. The second kappa shape index (κ2) is 6.31. The van der Waals surface area contributed by atoms with Gasteiger partial charge in [-0.25, -0.2) is 0 Å². The van der Waals surface area contributed by atoms with E-state index in [-0.39, 0.29) is 35.6 Å². The summed E-state index contributed by atoms with van der Waals surface area (Å²) in [5, 5.41) is 0. The molecule has 4 nitrogen and oxygen atoms in total. The molecule has 6 rings (SSSR count). The first kappa shape index (κ1) is 19.1. The SMILES string of the molecule is COC(=O)C12C(c3ccccc3)=C(c3ccccc3)C3(C(=O)OC)C(C1C)C3C2C. The van der Waals surface area contributed by atoms with Crippen molar-refractivity contribution < 1.29 is 19.1 Å². The van der Waals surface area contributed by atoms with Crippen LogP contribution in [0.4, 0.5) is 0 Å². The summed E-state index contributed by atoms with van der Waals surface area (Å²) >= 11 is 0. The fourth-order valence-electron chi connectivity index (χ4n) is 7.20. The molecule has 30 heavy (non-hydrogen) atoms. The summed E-state index contributed by atoms with van der Waals surface area (Å²) in [6, 6.07) is 20.0. The molecular weight excluding hydrogens is 376 g/mol. The van der Waals surface area contributed by atoms with Crippen LogP contribution in [0.1, 0.15) is 25.0 Å². The van der Waals surface area contributed by atoms with E-state index < -0.39 is 10.8 Å². The van der Waals surface area contributed by atoms with Crippen molar-refractivity contribution in [2.45, 2.75) is 13.8 Å². The summed E-state index contributed by atoms with van der Waals surface area (Å²) in [6.07, 6.45) is 0. The van der Waals surface area contributed by atoms with Crippen molar-refractivity contribution in [1.29, 1.82) is 0 Å². The third kappa shape index (κ3) is 1.93. The Balaban J connectivity index is 1.94. The lowest BCUT2D eigenvalue weighted by Crippen LogP contribution is -2.51. The van der Waals surface area contributed by atoms with E-state index in [9.17, 15) is 9.59 Å². The van der Waals surface area contributed by atoms with Crippen LogP contribution < -0.4 is 0 Å². The number of carbonyl (C=O) groups excluding carboxylic acids is 2. The first-order valence-corrected chi connectivity index (χ1v) is 10.5. The van der Waals surface area contributed by atoms with Crippen molar-refractivity contribution in [1.82, 2.24) is 0 Å². The molecule has 4 bridgehead atoms. The molecule has 2 saturated carbocycles. The number of hydrogen-bond donors (Lipinski definition) is 0. The normalized spacial score (nSPS) is 35.7. The molecule has 2 aromatic rings. The number of rotatable bonds is 4. The molecule has 0 amide bonds. The first-order chi connectivity index (χ1) is 14.5. The van der Waals surface area contributed by atoms with Crippen molar-refractivity contribution in [3.8, 4) is 0 Å². The van der Waals surface area contributed by atoms with E-state index in [1.54, 1.807) is 0 Å². The zero-order chi connectivity index (χ0) is 21.3. The second-order valence-corrected chi connectivity index (χ2v) is 8.83. The Labute approximate surface area is 176 Å². The molecule has 4 atom stereocenters. The standard InChI is InChI=1S/C26H26O4/c1-15-19-20-16(2)25(15,23(27)29-3)21(17-11-7-5-8-12-17)22(18-13-9-6-10-14-18)26(19,20)24(28)30-4/h5-16,19-20H,1-4H3. The number of hydrogen-bond acceptors (Lipinski definition) is 4. The Kier molecular flexibility index (Phi) is 4.02. The van der Waals surface area contributed by atoms with Crippen LogP contribution in [-0.4, -0.2) is 26.2 Å². The third-order valence-electron chi connectivity index (χ3n) is 8.09. The van der Waals surface area contributed by atoms with E-state index in [4.69, 9.17) is 9.47 Å². The Bertz CT molecular complexity index is 1030. The lowest BCUT2D eigenvalue weighted by Gasteiger charge is -2.49. The van der Waals surface area contributed by atoms with Crippen LogP contribution in [0.25, 0.3) is 11.1 Å². The van der Waals surface area contributed by atoms with E-state index in [0.717, 1.165) is 22.3 Å². The molecule has 0 radical (unpaired) electrons. The zero-order valence-electron chi connectivity index (χ0n) is 17.7. The maximum absolute atomic E-state index is 13.5. The van der Waals surface area contributed by atoms with Crippen LogP contribution >= 0.6 is 0 Å². The molecule has 0 heterocycles. The Morgan fingerprint density at radius 1 is 0.667 bits per heavy atom. The maximum atomic E-state index is 13.5. The van der Waals surface area contributed by atoms with Crippen LogP contribution in [0.2, 0.25) is 0 Å². The molecule has 0 N–H and O–H groups in total. The molecule has 2 fully saturated rings. The Morgan fingerprint density at radius 3 is 1.43 bits per heavy atom. The van der Waals surface area contributed by atoms with Gasteiger partial charge >= 0.3 is 11.9 Å². The third-order valence-corrected chi connectivity index (χ3v) is 8.09. The van der Waals surface area contributed by atoms with Gasteiger partial charge in [0.05, 0.1) is 19.6 Å². The summed E-state index contributed by atoms with van der Waals surface area (Å²) in [5.74, 6) is -0.302. The van der Waals surface area contributed by atoms with Crippen molar-refractivity contribution in [3.63, 3.8) is 0 Å². The fourth-order valence-corrected chi connectivity index (χ4v) is 7.20. The molecule has 0 spiro atoms. The van der Waals surface area contributed by atoms with E-state index in [2.05, 4.69) is 13.8 Å². The highest BCUT2D eigenvalue weighted by atomic mass is 16.5. The van der Waals surface area contributed by atoms with Gasteiger partial charge in [0.1, 0.15) is 5.41 Å². The maximum Gasteiger partial charge on any atom is 0.316 e. The minimum absolute atomic E-state index is 0.0216. The van der Waals surface area contributed by atoms with Gasteiger partial charge in [0.2, 0.25) is 0 Å². The molecule has 0 saturated heterocycles. The van der Waals surface area contributed by atoms with E-state index in [1.807, 2.05) is 60.7 Å². The van der Waals surface area contributed by atoms with Gasteiger partial charge in [0, 0.05) is 0 Å². The smallest absolute Gasteiger partial charge is 0.316 e.